The van der Waals surface area contributed by atoms with E-state index in [0.29, 0.717) is 0 Å². The first kappa shape index (κ1) is 10.7. The van der Waals surface area contributed by atoms with Crippen molar-refractivity contribution in [3.63, 3.8) is 0 Å². The predicted molar refractivity (Wildman–Crippen MR) is 41.9 cm³/mol. The molecule has 0 saturated carbocycles. The lowest BCUT2D eigenvalue weighted by Gasteiger charge is -2.12. The number of nitrogens with two attached hydrogens (primary N) is 1. The summed E-state index contributed by atoms with van der Waals surface area (Å²) in [5.41, 5.74) is 4.76. The molecular formula is C4H6BrClN2O3. The minimum absolute atomic E-state index is 0.329. The van der Waals surface area contributed by atoms with Gasteiger partial charge in [-0.2, -0.15) is 0 Å². The van der Waals surface area contributed by atoms with Crippen molar-refractivity contribution in [2.45, 2.75) is 12.5 Å². The molecular weight excluding hydrogens is 239 g/mol. The second-order valence-electron chi connectivity index (χ2n) is 1.78. The second kappa shape index (κ2) is 4.53. The number of rotatable bonds is 4. The molecule has 0 radical (unpaired) electrons. The van der Waals surface area contributed by atoms with Crippen molar-refractivity contribution < 1.29 is 14.7 Å². The zero-order valence-corrected chi connectivity index (χ0v) is 7.67. The minimum atomic E-state index is -1.21. The van der Waals surface area contributed by atoms with Crippen LogP contribution in [0.15, 0.2) is 0 Å². The molecule has 0 aliphatic rings. The molecule has 0 spiro atoms. The average Bonchev–Trinajstić information content (AvgIpc) is 1.81. The molecule has 3 N–H and O–H groups in total. The Bertz CT molecular complexity index is 175. The number of amides is 1. The monoisotopic (exact) mass is 244 g/mol. The van der Waals surface area contributed by atoms with Crippen LogP contribution < -0.4 is 5.73 Å². The smallest absolute Gasteiger partial charge is 0.323 e. The van der Waals surface area contributed by atoms with Gasteiger partial charge in [-0.1, -0.05) is 0 Å². The summed E-state index contributed by atoms with van der Waals surface area (Å²) in [6.07, 6.45) is -0.329. The number of halogens is 2. The summed E-state index contributed by atoms with van der Waals surface area (Å²) < 4.78 is 0.722. The van der Waals surface area contributed by atoms with Crippen LogP contribution >= 0.6 is 27.9 Å². The van der Waals surface area contributed by atoms with E-state index in [1.807, 2.05) is 0 Å². The summed E-state index contributed by atoms with van der Waals surface area (Å²) in [4.78, 5) is 20.6. The zero-order valence-electron chi connectivity index (χ0n) is 5.33. The summed E-state index contributed by atoms with van der Waals surface area (Å²) in [7, 11) is 0. The molecule has 0 aliphatic heterocycles. The lowest BCUT2D eigenvalue weighted by Crippen LogP contribution is -2.33. The van der Waals surface area contributed by atoms with E-state index in [2.05, 4.69) is 16.1 Å². The molecule has 0 aromatic carbocycles. The number of carbonyl (C=O) groups is 2. The zero-order chi connectivity index (χ0) is 9.02. The first-order valence-corrected chi connectivity index (χ1v) is 3.61. The maximum Gasteiger partial charge on any atom is 0.323 e. The molecule has 1 unspecified atom stereocenters. The van der Waals surface area contributed by atoms with E-state index < -0.39 is 17.9 Å². The van der Waals surface area contributed by atoms with E-state index >= 15 is 0 Å². The van der Waals surface area contributed by atoms with Crippen LogP contribution in [0.5, 0.6) is 0 Å². The predicted octanol–water partition coefficient (Wildman–Crippen LogP) is 0.0807. The van der Waals surface area contributed by atoms with Crippen molar-refractivity contribution in [1.29, 1.82) is 0 Å². The van der Waals surface area contributed by atoms with Gasteiger partial charge in [0, 0.05) is 16.1 Å². The molecule has 0 aromatic rings. The molecule has 0 bridgehead atoms. The molecule has 0 heterocycles. The fourth-order valence-electron chi connectivity index (χ4n) is 0.430. The summed E-state index contributed by atoms with van der Waals surface area (Å²) >= 11 is 7.92. The van der Waals surface area contributed by atoms with Gasteiger partial charge in [-0.3, -0.25) is 9.59 Å². The van der Waals surface area contributed by atoms with E-state index in [-0.39, 0.29) is 6.42 Å². The van der Waals surface area contributed by atoms with E-state index in [1.54, 1.807) is 0 Å². The highest BCUT2D eigenvalue weighted by Gasteiger charge is 2.24. The first-order valence-electron chi connectivity index (χ1n) is 2.57. The van der Waals surface area contributed by atoms with Crippen molar-refractivity contribution >= 4 is 39.8 Å². The molecule has 0 rings (SSSR count). The van der Waals surface area contributed by atoms with Gasteiger partial charge in [0.1, 0.15) is 6.04 Å². The fourth-order valence-corrected chi connectivity index (χ4v) is 0.903. The first-order chi connectivity index (χ1) is 4.95. The van der Waals surface area contributed by atoms with Gasteiger partial charge in [0.25, 0.3) is 0 Å². The Morgan fingerprint density at radius 1 is 1.73 bits per heavy atom. The van der Waals surface area contributed by atoms with Gasteiger partial charge in [0.2, 0.25) is 5.91 Å². The largest absolute Gasteiger partial charge is 0.480 e. The number of carbonyl (C=O) groups excluding carboxylic acids is 1. The Morgan fingerprint density at radius 2 is 2.18 bits per heavy atom. The van der Waals surface area contributed by atoms with Gasteiger partial charge in [0.05, 0.1) is 6.42 Å². The highest BCUT2D eigenvalue weighted by molar-refractivity contribution is 9.08. The number of carboxylic acid groups (broad SMARTS) is 1. The van der Waals surface area contributed by atoms with Gasteiger partial charge in [-0.25, -0.2) is 0 Å². The maximum atomic E-state index is 10.3. The molecule has 0 saturated heterocycles. The lowest BCUT2D eigenvalue weighted by molar-refractivity contribution is -0.141. The molecule has 1 amide bonds. The quantitative estimate of drug-likeness (QED) is 0.687. The molecule has 5 nitrogen and oxygen atoms in total. The molecule has 1 atom stereocenters. The van der Waals surface area contributed by atoms with Gasteiger partial charge >= 0.3 is 5.97 Å². The van der Waals surface area contributed by atoms with Crippen molar-refractivity contribution in [1.82, 2.24) is 3.45 Å². The van der Waals surface area contributed by atoms with Gasteiger partial charge in [0.15, 0.2) is 0 Å². The van der Waals surface area contributed by atoms with E-state index in [1.165, 1.54) is 0 Å². The molecule has 0 aliphatic carbocycles. The third-order valence-electron chi connectivity index (χ3n) is 0.915. The summed E-state index contributed by atoms with van der Waals surface area (Å²) in [6, 6.07) is -1.13. The Balaban J connectivity index is 4.12. The highest BCUT2D eigenvalue weighted by Crippen LogP contribution is 2.12. The third-order valence-corrected chi connectivity index (χ3v) is 1.65. The SMILES string of the molecule is NC(=O)CC(C(=O)O)N(Cl)Br. The number of hydrogen-bond acceptors (Lipinski definition) is 3. The summed E-state index contributed by atoms with van der Waals surface area (Å²) in [5.74, 6) is -1.93. The maximum absolute atomic E-state index is 10.3. The Hall–Kier alpha value is -0.330. The summed E-state index contributed by atoms with van der Waals surface area (Å²) in [6.45, 7) is 0. The normalized spacial score (nSPS) is 13.0. The van der Waals surface area contributed by atoms with Crippen LogP contribution in [0.3, 0.4) is 0 Å². The average molecular weight is 245 g/mol. The summed E-state index contributed by atoms with van der Waals surface area (Å²) in [5, 5.41) is 8.43. The number of hydrogen-bond donors (Lipinski definition) is 2. The number of primary amides is 1. The van der Waals surface area contributed by atoms with Crippen molar-refractivity contribution in [2.75, 3.05) is 0 Å². The van der Waals surface area contributed by atoms with E-state index in [0.717, 1.165) is 3.45 Å². The fraction of sp³-hybridized carbons (Fsp3) is 0.500. The van der Waals surface area contributed by atoms with Crippen molar-refractivity contribution in [3.8, 4) is 0 Å². The van der Waals surface area contributed by atoms with Crippen molar-refractivity contribution in [2.24, 2.45) is 5.73 Å². The van der Waals surface area contributed by atoms with E-state index in [9.17, 15) is 9.59 Å². The van der Waals surface area contributed by atoms with Crippen molar-refractivity contribution in [3.05, 3.63) is 0 Å². The number of aliphatic carboxylic acids is 1. The number of carboxylic acids is 1. The molecule has 0 aromatic heterocycles. The van der Waals surface area contributed by atoms with Crippen LogP contribution in [0.1, 0.15) is 6.42 Å². The van der Waals surface area contributed by atoms with Crippen LogP contribution in [-0.4, -0.2) is 26.5 Å². The van der Waals surface area contributed by atoms with Crippen LogP contribution in [-0.2, 0) is 9.59 Å². The molecule has 11 heavy (non-hydrogen) atoms. The van der Waals surface area contributed by atoms with Gasteiger partial charge in [-0.15, -0.1) is 3.45 Å². The molecule has 0 fully saturated rings. The Morgan fingerprint density at radius 3 is 2.27 bits per heavy atom. The minimum Gasteiger partial charge on any atom is -0.480 e. The topological polar surface area (TPSA) is 83.6 Å². The second-order valence-corrected chi connectivity index (χ2v) is 3.32. The van der Waals surface area contributed by atoms with Gasteiger partial charge in [-0.05, 0) is 11.8 Å². The van der Waals surface area contributed by atoms with Crippen LogP contribution in [0.2, 0.25) is 0 Å². The number of nitrogens with zero attached hydrogens (tertiary/aromatic N) is 1. The van der Waals surface area contributed by atoms with Gasteiger partial charge < -0.3 is 10.8 Å². The standard InChI is InChI=1S/C4H6BrClN2O3/c5-8(6)2(4(10)11)1-3(7)9/h2H,1H2,(H2,7,9)(H,10,11). The van der Waals surface area contributed by atoms with Crippen LogP contribution in [0.25, 0.3) is 0 Å². The van der Waals surface area contributed by atoms with Crippen LogP contribution in [0.4, 0.5) is 0 Å². The Labute approximate surface area is 76.5 Å². The highest BCUT2D eigenvalue weighted by atomic mass is 79.9. The lowest BCUT2D eigenvalue weighted by atomic mass is 10.2. The van der Waals surface area contributed by atoms with E-state index in [4.69, 9.17) is 22.6 Å². The molecule has 7 heteroatoms. The molecule has 64 valence electrons. The Kier molecular flexibility index (Phi) is 4.39. The third kappa shape index (κ3) is 4.18. The van der Waals surface area contributed by atoms with Crippen LogP contribution in [0, 0.1) is 0 Å².